The topological polar surface area (TPSA) is 72.1 Å². The third-order valence-electron chi connectivity index (χ3n) is 3.91. The van der Waals surface area contributed by atoms with Crippen LogP contribution in [-0.4, -0.2) is 45.0 Å². The average molecular weight is 396 g/mol. The Morgan fingerprint density at radius 3 is 2.54 bits per heavy atom. The van der Waals surface area contributed by atoms with Crippen LogP contribution in [0.25, 0.3) is 0 Å². The molecule has 0 fully saturated rings. The van der Waals surface area contributed by atoms with Crippen molar-refractivity contribution < 1.29 is 22.6 Å². The molecule has 2 aromatic carbocycles. The molecule has 0 radical (unpaired) electrons. The van der Waals surface area contributed by atoms with Crippen LogP contribution in [-0.2, 0) is 0 Å². The van der Waals surface area contributed by atoms with Crippen LogP contribution in [0.4, 0.5) is 18.9 Å². The average Bonchev–Trinajstić information content (AvgIpc) is 2.62. The summed E-state index contributed by atoms with van der Waals surface area (Å²) in [6, 6.07) is 13.1. The van der Waals surface area contributed by atoms with Crippen molar-refractivity contribution in [1.29, 1.82) is 0 Å². The van der Waals surface area contributed by atoms with E-state index in [1.54, 1.807) is 13.2 Å². The molecule has 0 aliphatic carbocycles. The number of halogens is 3. The van der Waals surface area contributed by atoms with Gasteiger partial charge in [0, 0.05) is 0 Å². The van der Waals surface area contributed by atoms with Gasteiger partial charge in [-0.3, -0.25) is 4.99 Å². The number of anilines is 1. The predicted molar refractivity (Wildman–Crippen MR) is 103 cm³/mol. The fourth-order valence-electron chi connectivity index (χ4n) is 2.56. The smallest absolute Gasteiger partial charge is 0.497 e. The van der Waals surface area contributed by atoms with Crippen molar-refractivity contribution in [1.82, 2.24) is 4.90 Å². The summed E-state index contributed by atoms with van der Waals surface area (Å²) < 4.78 is 46.8. The van der Waals surface area contributed by atoms with E-state index >= 15 is 0 Å². The van der Waals surface area contributed by atoms with E-state index in [0.717, 1.165) is 11.3 Å². The van der Waals surface area contributed by atoms with E-state index < -0.39 is 6.36 Å². The lowest BCUT2D eigenvalue weighted by Crippen LogP contribution is -2.28. The number of rotatable bonds is 7. The summed E-state index contributed by atoms with van der Waals surface area (Å²) in [5.74, 6) is 0.315. The van der Waals surface area contributed by atoms with Gasteiger partial charge < -0.3 is 25.4 Å². The van der Waals surface area contributed by atoms with E-state index in [4.69, 9.17) is 10.5 Å². The van der Waals surface area contributed by atoms with Crippen molar-refractivity contribution in [2.75, 3.05) is 33.1 Å². The Kier molecular flexibility index (Phi) is 7.11. The van der Waals surface area contributed by atoms with Crippen LogP contribution in [0.5, 0.6) is 11.5 Å². The minimum absolute atomic E-state index is 0.0204. The SMILES string of the molecule is COc1cccc(C(CN=C(N)Nc2ccccc2OC(F)(F)F)N(C)C)c1. The molecule has 0 aromatic heterocycles. The number of ether oxygens (including phenoxy) is 2. The van der Waals surface area contributed by atoms with Gasteiger partial charge >= 0.3 is 6.36 Å². The normalized spacial score (nSPS) is 13.3. The zero-order valence-electron chi connectivity index (χ0n) is 15.8. The fourth-order valence-corrected chi connectivity index (χ4v) is 2.56. The van der Waals surface area contributed by atoms with Crippen molar-refractivity contribution in [3.63, 3.8) is 0 Å². The maximum absolute atomic E-state index is 12.5. The first kappa shape index (κ1) is 21.4. The Morgan fingerprint density at radius 2 is 1.89 bits per heavy atom. The number of likely N-dealkylation sites (N-methyl/N-ethyl adjacent to an activating group) is 1. The highest BCUT2D eigenvalue weighted by molar-refractivity contribution is 5.93. The number of nitrogens with zero attached hydrogens (tertiary/aromatic N) is 2. The molecule has 152 valence electrons. The van der Waals surface area contributed by atoms with Gasteiger partial charge in [-0.15, -0.1) is 13.2 Å². The number of hydrogen-bond donors (Lipinski definition) is 2. The molecule has 9 heteroatoms. The van der Waals surface area contributed by atoms with Gasteiger partial charge in [-0.1, -0.05) is 24.3 Å². The molecular formula is C19H23F3N4O2. The van der Waals surface area contributed by atoms with Gasteiger partial charge in [-0.25, -0.2) is 0 Å². The summed E-state index contributed by atoms with van der Waals surface area (Å²) in [6.07, 6.45) is -4.80. The Hall–Kier alpha value is -2.94. The van der Waals surface area contributed by atoms with Crippen LogP contribution >= 0.6 is 0 Å². The Morgan fingerprint density at radius 1 is 1.18 bits per heavy atom. The van der Waals surface area contributed by atoms with Gasteiger partial charge in [-0.2, -0.15) is 0 Å². The molecule has 0 bridgehead atoms. The molecule has 0 amide bonds. The first-order valence-electron chi connectivity index (χ1n) is 8.41. The van der Waals surface area contributed by atoms with Gasteiger partial charge in [0.05, 0.1) is 25.4 Å². The number of methoxy groups -OCH3 is 1. The second-order valence-electron chi connectivity index (χ2n) is 6.15. The summed E-state index contributed by atoms with van der Waals surface area (Å²) in [5, 5.41) is 2.66. The fraction of sp³-hybridized carbons (Fsp3) is 0.316. The van der Waals surface area contributed by atoms with Gasteiger partial charge in [0.2, 0.25) is 0 Å². The number of guanidine groups is 1. The quantitative estimate of drug-likeness (QED) is 0.553. The number of nitrogens with two attached hydrogens (primary N) is 1. The maximum Gasteiger partial charge on any atom is 0.573 e. The highest BCUT2D eigenvalue weighted by Crippen LogP contribution is 2.30. The monoisotopic (exact) mass is 396 g/mol. The van der Waals surface area contributed by atoms with Crippen molar-refractivity contribution in [3.8, 4) is 11.5 Å². The lowest BCUT2D eigenvalue weighted by Gasteiger charge is -2.23. The number of para-hydroxylation sites is 2. The van der Waals surface area contributed by atoms with Gasteiger partial charge in [0.25, 0.3) is 0 Å². The van der Waals surface area contributed by atoms with E-state index in [2.05, 4.69) is 15.0 Å². The molecule has 0 aliphatic rings. The molecule has 2 rings (SSSR count). The van der Waals surface area contributed by atoms with Crippen LogP contribution in [0.1, 0.15) is 11.6 Å². The van der Waals surface area contributed by atoms with E-state index in [9.17, 15) is 13.2 Å². The highest BCUT2D eigenvalue weighted by Gasteiger charge is 2.32. The molecule has 3 N–H and O–H groups in total. The van der Waals surface area contributed by atoms with Crippen LogP contribution < -0.4 is 20.5 Å². The third kappa shape index (κ3) is 6.34. The molecule has 28 heavy (non-hydrogen) atoms. The second kappa shape index (κ2) is 9.32. The Labute approximate surface area is 161 Å². The predicted octanol–water partition coefficient (Wildman–Crippen LogP) is 3.62. The van der Waals surface area contributed by atoms with E-state index in [0.29, 0.717) is 6.54 Å². The van der Waals surface area contributed by atoms with Crippen molar-refractivity contribution in [2.45, 2.75) is 12.4 Å². The number of hydrogen-bond acceptors (Lipinski definition) is 4. The summed E-state index contributed by atoms with van der Waals surface area (Å²) >= 11 is 0. The molecule has 6 nitrogen and oxygen atoms in total. The second-order valence-corrected chi connectivity index (χ2v) is 6.15. The Bertz CT molecular complexity index is 810. The van der Waals surface area contributed by atoms with Gasteiger partial charge in [-0.05, 0) is 43.9 Å². The van der Waals surface area contributed by atoms with E-state index in [1.807, 2.05) is 43.3 Å². The first-order chi connectivity index (χ1) is 13.2. The van der Waals surface area contributed by atoms with Gasteiger partial charge in [0.15, 0.2) is 11.7 Å². The summed E-state index contributed by atoms with van der Waals surface area (Å²) in [7, 11) is 5.38. The van der Waals surface area contributed by atoms with Crippen molar-refractivity contribution >= 4 is 11.6 Å². The zero-order chi connectivity index (χ0) is 20.7. The molecule has 1 unspecified atom stereocenters. The van der Waals surface area contributed by atoms with Crippen LogP contribution in [0.15, 0.2) is 53.5 Å². The molecule has 0 heterocycles. The molecule has 0 spiro atoms. The zero-order valence-corrected chi connectivity index (χ0v) is 15.8. The van der Waals surface area contributed by atoms with Crippen LogP contribution in [0.3, 0.4) is 0 Å². The van der Waals surface area contributed by atoms with Crippen molar-refractivity contribution in [3.05, 3.63) is 54.1 Å². The lowest BCUT2D eigenvalue weighted by atomic mass is 10.1. The molecule has 1 atom stereocenters. The molecule has 0 saturated carbocycles. The summed E-state index contributed by atoms with van der Waals surface area (Å²) in [6.45, 7) is 0.293. The largest absolute Gasteiger partial charge is 0.573 e. The molecule has 2 aromatic rings. The molecular weight excluding hydrogens is 373 g/mol. The number of nitrogens with one attached hydrogen (secondary N) is 1. The van der Waals surface area contributed by atoms with Crippen molar-refractivity contribution in [2.24, 2.45) is 10.7 Å². The number of benzene rings is 2. The third-order valence-corrected chi connectivity index (χ3v) is 3.91. The maximum atomic E-state index is 12.5. The van der Waals surface area contributed by atoms with Crippen LogP contribution in [0, 0.1) is 0 Å². The Balaban J connectivity index is 2.14. The lowest BCUT2D eigenvalue weighted by molar-refractivity contribution is -0.274. The minimum atomic E-state index is -4.80. The first-order valence-corrected chi connectivity index (χ1v) is 8.41. The van der Waals surface area contributed by atoms with Gasteiger partial charge in [0.1, 0.15) is 5.75 Å². The minimum Gasteiger partial charge on any atom is -0.497 e. The molecule has 0 aliphatic heterocycles. The number of aliphatic imine (C=N–C) groups is 1. The van der Waals surface area contributed by atoms with E-state index in [1.165, 1.54) is 18.2 Å². The standard InChI is InChI=1S/C19H23F3N4O2/c1-26(2)16(13-7-6-8-14(11-13)27-3)12-24-18(23)25-15-9-4-5-10-17(15)28-19(20,21)22/h4-11,16H,12H2,1-3H3,(H3,23,24,25). The summed E-state index contributed by atoms with van der Waals surface area (Å²) in [4.78, 5) is 6.24. The highest BCUT2D eigenvalue weighted by atomic mass is 19.4. The molecule has 0 saturated heterocycles. The summed E-state index contributed by atoms with van der Waals surface area (Å²) in [5.41, 5.74) is 6.93. The number of alkyl halides is 3. The van der Waals surface area contributed by atoms with E-state index in [-0.39, 0.29) is 23.4 Å². The van der Waals surface area contributed by atoms with Crippen LogP contribution in [0.2, 0.25) is 0 Å².